The number of rotatable bonds is 6. The highest BCUT2D eigenvalue weighted by Gasteiger charge is 2.06. The summed E-state index contributed by atoms with van der Waals surface area (Å²) in [6.45, 7) is 2.94. The number of benzene rings is 2. The van der Waals surface area contributed by atoms with E-state index in [2.05, 4.69) is 17.0 Å². The lowest BCUT2D eigenvalue weighted by Gasteiger charge is -2.21. The molecule has 0 unspecified atom stereocenters. The first-order valence-electron chi connectivity index (χ1n) is 6.49. The van der Waals surface area contributed by atoms with E-state index in [0.717, 1.165) is 18.7 Å². The first kappa shape index (κ1) is 13.7. The predicted molar refractivity (Wildman–Crippen MR) is 76.0 cm³/mol. The highest BCUT2D eigenvalue weighted by Crippen LogP contribution is 2.10. The van der Waals surface area contributed by atoms with Crippen LogP contribution in [-0.4, -0.2) is 18.0 Å². The largest absolute Gasteiger partial charge is 0.329 e. The third-order valence-electron chi connectivity index (χ3n) is 2.99. The smallest absolute Gasteiger partial charge is 0.123 e. The van der Waals surface area contributed by atoms with Gasteiger partial charge in [0.25, 0.3) is 0 Å². The predicted octanol–water partition coefficient (Wildman–Crippen LogP) is 2.79. The molecule has 0 aliphatic carbocycles. The van der Waals surface area contributed by atoms with Crippen molar-refractivity contribution < 1.29 is 4.39 Å². The molecule has 0 amide bonds. The monoisotopic (exact) mass is 258 g/mol. The molecule has 19 heavy (non-hydrogen) atoms. The first-order chi connectivity index (χ1) is 9.28. The average molecular weight is 258 g/mol. The molecule has 2 nitrogen and oxygen atoms in total. The average Bonchev–Trinajstić information content (AvgIpc) is 2.40. The summed E-state index contributed by atoms with van der Waals surface area (Å²) in [4.78, 5) is 2.23. The van der Waals surface area contributed by atoms with Crippen molar-refractivity contribution in [3.8, 4) is 0 Å². The minimum Gasteiger partial charge on any atom is -0.329 e. The van der Waals surface area contributed by atoms with E-state index in [-0.39, 0.29) is 5.82 Å². The van der Waals surface area contributed by atoms with Gasteiger partial charge in [0.1, 0.15) is 5.82 Å². The Kier molecular flexibility index (Phi) is 5.07. The van der Waals surface area contributed by atoms with Gasteiger partial charge in [-0.25, -0.2) is 4.39 Å². The standard InChI is InChI=1S/C16H19FN2/c17-16-8-4-7-15(11-16)13-19(10-9-18)12-14-5-2-1-3-6-14/h1-8,11H,9-10,12-13,18H2. The van der Waals surface area contributed by atoms with Crippen molar-refractivity contribution in [3.63, 3.8) is 0 Å². The molecule has 0 aliphatic heterocycles. The number of nitrogens with zero attached hydrogens (tertiary/aromatic N) is 1. The van der Waals surface area contributed by atoms with Crippen molar-refractivity contribution in [1.82, 2.24) is 4.90 Å². The number of nitrogens with two attached hydrogens (primary N) is 1. The van der Waals surface area contributed by atoms with Crippen LogP contribution in [0, 0.1) is 5.82 Å². The van der Waals surface area contributed by atoms with Gasteiger partial charge in [0.05, 0.1) is 0 Å². The minimum absolute atomic E-state index is 0.190. The summed E-state index contributed by atoms with van der Waals surface area (Å²) in [5.41, 5.74) is 7.87. The molecule has 0 fully saturated rings. The van der Waals surface area contributed by atoms with Crippen LogP contribution in [0.1, 0.15) is 11.1 Å². The third kappa shape index (κ3) is 4.47. The van der Waals surface area contributed by atoms with Crippen LogP contribution in [0.15, 0.2) is 54.6 Å². The Morgan fingerprint density at radius 1 is 0.895 bits per heavy atom. The van der Waals surface area contributed by atoms with Gasteiger partial charge < -0.3 is 5.73 Å². The fourth-order valence-electron chi connectivity index (χ4n) is 2.13. The summed E-state index contributed by atoms with van der Waals surface area (Å²) in [6.07, 6.45) is 0. The van der Waals surface area contributed by atoms with Crippen molar-refractivity contribution in [2.75, 3.05) is 13.1 Å². The van der Waals surface area contributed by atoms with Crippen LogP contribution in [0.2, 0.25) is 0 Å². The number of hydrogen-bond donors (Lipinski definition) is 1. The quantitative estimate of drug-likeness (QED) is 0.863. The Labute approximate surface area is 113 Å². The maximum absolute atomic E-state index is 13.2. The zero-order chi connectivity index (χ0) is 13.5. The SMILES string of the molecule is NCCN(Cc1ccccc1)Cc1cccc(F)c1. The van der Waals surface area contributed by atoms with Crippen LogP contribution >= 0.6 is 0 Å². The molecule has 0 aliphatic rings. The van der Waals surface area contributed by atoms with Crippen LogP contribution in [0.3, 0.4) is 0 Å². The summed E-state index contributed by atoms with van der Waals surface area (Å²) in [5.74, 6) is -0.190. The van der Waals surface area contributed by atoms with Crippen molar-refractivity contribution in [3.05, 3.63) is 71.5 Å². The molecular weight excluding hydrogens is 239 g/mol. The zero-order valence-corrected chi connectivity index (χ0v) is 10.9. The summed E-state index contributed by atoms with van der Waals surface area (Å²) in [6, 6.07) is 17.0. The van der Waals surface area contributed by atoms with E-state index in [1.165, 1.54) is 11.6 Å². The summed E-state index contributed by atoms with van der Waals surface area (Å²) >= 11 is 0. The molecule has 0 saturated heterocycles. The van der Waals surface area contributed by atoms with Gasteiger partial charge in [-0.3, -0.25) is 4.90 Å². The normalized spacial score (nSPS) is 10.9. The Bertz CT molecular complexity index is 499. The summed E-state index contributed by atoms with van der Waals surface area (Å²) < 4.78 is 13.2. The second kappa shape index (κ2) is 7.02. The van der Waals surface area contributed by atoms with Crippen molar-refractivity contribution in [1.29, 1.82) is 0 Å². The molecule has 0 aromatic heterocycles. The number of halogens is 1. The van der Waals surface area contributed by atoms with Crippen LogP contribution in [0.25, 0.3) is 0 Å². The highest BCUT2D eigenvalue weighted by atomic mass is 19.1. The van der Waals surface area contributed by atoms with Gasteiger partial charge in [0.15, 0.2) is 0 Å². The molecule has 2 N–H and O–H groups in total. The van der Waals surface area contributed by atoms with E-state index in [0.29, 0.717) is 13.1 Å². The fraction of sp³-hybridized carbons (Fsp3) is 0.250. The third-order valence-corrected chi connectivity index (χ3v) is 2.99. The van der Waals surface area contributed by atoms with Crippen molar-refractivity contribution >= 4 is 0 Å². The zero-order valence-electron chi connectivity index (χ0n) is 10.9. The summed E-state index contributed by atoms with van der Waals surface area (Å²) in [5, 5.41) is 0. The van der Waals surface area contributed by atoms with Gasteiger partial charge in [-0.1, -0.05) is 42.5 Å². The van der Waals surface area contributed by atoms with Gasteiger partial charge in [-0.15, -0.1) is 0 Å². The first-order valence-corrected chi connectivity index (χ1v) is 6.49. The van der Waals surface area contributed by atoms with E-state index in [1.807, 2.05) is 24.3 Å². The molecular formula is C16H19FN2. The van der Waals surface area contributed by atoms with Gasteiger partial charge in [-0.05, 0) is 23.3 Å². The Hall–Kier alpha value is -1.71. The minimum atomic E-state index is -0.190. The van der Waals surface area contributed by atoms with Crippen molar-refractivity contribution in [2.24, 2.45) is 5.73 Å². The van der Waals surface area contributed by atoms with Crippen LogP contribution in [0.4, 0.5) is 4.39 Å². The fourth-order valence-corrected chi connectivity index (χ4v) is 2.13. The number of hydrogen-bond acceptors (Lipinski definition) is 2. The molecule has 2 rings (SSSR count). The highest BCUT2D eigenvalue weighted by molar-refractivity contribution is 5.17. The Balaban J connectivity index is 2.04. The van der Waals surface area contributed by atoms with E-state index in [4.69, 9.17) is 5.73 Å². The summed E-state index contributed by atoms with van der Waals surface area (Å²) in [7, 11) is 0. The van der Waals surface area contributed by atoms with E-state index in [1.54, 1.807) is 12.1 Å². The lowest BCUT2D eigenvalue weighted by molar-refractivity contribution is 0.264. The van der Waals surface area contributed by atoms with E-state index < -0.39 is 0 Å². The second-order valence-corrected chi connectivity index (χ2v) is 4.61. The second-order valence-electron chi connectivity index (χ2n) is 4.61. The van der Waals surface area contributed by atoms with E-state index >= 15 is 0 Å². The molecule has 0 spiro atoms. The molecule has 0 atom stereocenters. The molecule has 0 heterocycles. The topological polar surface area (TPSA) is 29.3 Å². The van der Waals surface area contributed by atoms with Crippen LogP contribution in [-0.2, 0) is 13.1 Å². The maximum atomic E-state index is 13.2. The van der Waals surface area contributed by atoms with Crippen LogP contribution in [0.5, 0.6) is 0 Å². The Morgan fingerprint density at radius 2 is 1.58 bits per heavy atom. The lowest BCUT2D eigenvalue weighted by Crippen LogP contribution is -2.28. The molecule has 0 saturated carbocycles. The molecule has 2 aromatic carbocycles. The maximum Gasteiger partial charge on any atom is 0.123 e. The van der Waals surface area contributed by atoms with Gasteiger partial charge >= 0.3 is 0 Å². The van der Waals surface area contributed by atoms with Gasteiger partial charge in [0.2, 0.25) is 0 Å². The molecule has 3 heteroatoms. The molecule has 0 radical (unpaired) electrons. The lowest BCUT2D eigenvalue weighted by atomic mass is 10.1. The van der Waals surface area contributed by atoms with Crippen molar-refractivity contribution in [2.45, 2.75) is 13.1 Å². The van der Waals surface area contributed by atoms with E-state index in [9.17, 15) is 4.39 Å². The molecule has 100 valence electrons. The van der Waals surface area contributed by atoms with Crippen LogP contribution < -0.4 is 5.73 Å². The molecule has 2 aromatic rings. The van der Waals surface area contributed by atoms with Gasteiger partial charge in [0, 0.05) is 26.2 Å². The van der Waals surface area contributed by atoms with Gasteiger partial charge in [-0.2, -0.15) is 0 Å². The molecule has 0 bridgehead atoms. The Morgan fingerprint density at radius 3 is 2.26 bits per heavy atom.